The number of quaternary nitrogens is 1. The summed E-state index contributed by atoms with van der Waals surface area (Å²) in [5.74, 6) is -0.425. The highest BCUT2D eigenvalue weighted by atomic mass is 16.5. The van der Waals surface area contributed by atoms with Crippen LogP contribution in [0.3, 0.4) is 0 Å². The van der Waals surface area contributed by atoms with Crippen molar-refractivity contribution in [1.82, 2.24) is 0 Å². The molecule has 0 heterocycles. The van der Waals surface area contributed by atoms with E-state index in [4.69, 9.17) is 4.74 Å². The first-order valence-corrected chi connectivity index (χ1v) is 13.6. The molecule has 0 amide bonds. The molecule has 1 unspecified atom stereocenters. The van der Waals surface area contributed by atoms with Crippen molar-refractivity contribution < 1.29 is 19.1 Å². The molecule has 190 valence electrons. The van der Waals surface area contributed by atoms with Gasteiger partial charge in [0.05, 0.1) is 33.3 Å². The summed E-state index contributed by atoms with van der Waals surface area (Å²) in [7, 11) is 4.44. The third-order valence-corrected chi connectivity index (χ3v) is 6.44. The number of aliphatic hydroxyl groups excluding tert-OH is 1. The molecule has 0 saturated heterocycles. The van der Waals surface area contributed by atoms with Crippen LogP contribution in [0.15, 0.2) is 12.2 Å². The lowest BCUT2D eigenvalue weighted by Crippen LogP contribution is -2.42. The van der Waals surface area contributed by atoms with Gasteiger partial charge in [0.15, 0.2) is 0 Å². The minimum atomic E-state index is -0.596. The van der Waals surface area contributed by atoms with Gasteiger partial charge in [0.2, 0.25) is 0 Å². The number of carbonyl (C=O) groups is 1. The lowest BCUT2D eigenvalue weighted by atomic mass is 10.0. The van der Waals surface area contributed by atoms with Crippen molar-refractivity contribution in [2.75, 3.05) is 33.8 Å². The van der Waals surface area contributed by atoms with Crippen LogP contribution < -0.4 is 0 Å². The Hall–Kier alpha value is -0.870. The Balaban J connectivity index is 3.46. The van der Waals surface area contributed by atoms with Gasteiger partial charge < -0.3 is 14.3 Å². The molecule has 0 spiro atoms. The first-order valence-electron chi connectivity index (χ1n) is 13.6. The zero-order valence-corrected chi connectivity index (χ0v) is 22.1. The second-order valence-corrected chi connectivity index (χ2v) is 10.5. The van der Waals surface area contributed by atoms with Gasteiger partial charge in [0, 0.05) is 12.0 Å². The fourth-order valence-electron chi connectivity index (χ4n) is 4.08. The van der Waals surface area contributed by atoms with E-state index >= 15 is 0 Å². The predicted molar refractivity (Wildman–Crippen MR) is 138 cm³/mol. The molecule has 0 bridgehead atoms. The minimum Gasteiger partial charge on any atom is -0.460 e. The zero-order chi connectivity index (χ0) is 24.1. The fourth-order valence-corrected chi connectivity index (χ4v) is 4.08. The molecule has 4 nitrogen and oxygen atoms in total. The molecule has 0 aromatic heterocycles. The van der Waals surface area contributed by atoms with Gasteiger partial charge in [0.25, 0.3) is 0 Å². The molecule has 32 heavy (non-hydrogen) atoms. The molecule has 0 saturated carbocycles. The molecule has 0 radical (unpaired) electrons. The minimum absolute atomic E-state index is 0.0603. The van der Waals surface area contributed by atoms with Crippen molar-refractivity contribution in [2.24, 2.45) is 0 Å². The SMILES string of the molecule is C=C(C)C(=O)OCC(O)CC[N+](C)(C)CCCCCCCCCCCCCCCCCC. The average Bonchev–Trinajstić information content (AvgIpc) is 2.75. The van der Waals surface area contributed by atoms with E-state index in [0.29, 0.717) is 12.0 Å². The molecule has 0 rings (SSSR count). The quantitative estimate of drug-likeness (QED) is 0.0768. The lowest BCUT2D eigenvalue weighted by Gasteiger charge is -2.30. The molecular formula is C28H56NO3+. The maximum absolute atomic E-state index is 11.4. The number of hydrogen-bond acceptors (Lipinski definition) is 3. The number of hydrogen-bond donors (Lipinski definition) is 1. The van der Waals surface area contributed by atoms with Crippen molar-refractivity contribution in [3.63, 3.8) is 0 Å². The molecule has 0 aromatic carbocycles. The van der Waals surface area contributed by atoms with Gasteiger partial charge in [0.1, 0.15) is 6.61 Å². The molecule has 0 fully saturated rings. The number of ether oxygens (including phenoxy) is 1. The summed E-state index contributed by atoms with van der Waals surface area (Å²) >= 11 is 0. The highest BCUT2D eigenvalue weighted by Gasteiger charge is 2.18. The number of rotatable bonds is 23. The zero-order valence-electron chi connectivity index (χ0n) is 22.1. The Kier molecular flexibility index (Phi) is 20.2. The molecule has 0 aromatic rings. The van der Waals surface area contributed by atoms with Crippen LogP contribution in [-0.2, 0) is 9.53 Å². The summed E-state index contributed by atoms with van der Waals surface area (Å²) in [6, 6.07) is 0. The third kappa shape index (κ3) is 21.0. The van der Waals surface area contributed by atoms with Gasteiger partial charge in [-0.05, 0) is 19.8 Å². The Morgan fingerprint density at radius 3 is 1.59 bits per heavy atom. The van der Waals surface area contributed by atoms with E-state index in [9.17, 15) is 9.90 Å². The van der Waals surface area contributed by atoms with Crippen molar-refractivity contribution in [3.05, 3.63) is 12.2 Å². The predicted octanol–water partition coefficient (Wildman–Crippen LogP) is 7.19. The maximum Gasteiger partial charge on any atom is 0.333 e. The normalized spacial score (nSPS) is 12.7. The molecule has 0 aliphatic heterocycles. The lowest BCUT2D eigenvalue weighted by molar-refractivity contribution is -0.891. The number of nitrogens with zero attached hydrogens (tertiary/aromatic N) is 1. The first-order chi connectivity index (χ1) is 15.3. The van der Waals surface area contributed by atoms with Gasteiger partial charge >= 0.3 is 5.97 Å². The topological polar surface area (TPSA) is 46.5 Å². The van der Waals surface area contributed by atoms with E-state index < -0.39 is 12.1 Å². The summed E-state index contributed by atoms with van der Waals surface area (Å²) in [5, 5.41) is 10.0. The number of unbranched alkanes of at least 4 members (excludes halogenated alkanes) is 15. The largest absolute Gasteiger partial charge is 0.460 e. The van der Waals surface area contributed by atoms with E-state index in [1.54, 1.807) is 6.92 Å². The molecule has 1 atom stereocenters. The summed E-state index contributed by atoms with van der Waals surface area (Å²) in [6.07, 6.45) is 22.4. The van der Waals surface area contributed by atoms with Crippen LogP contribution in [-0.4, -0.2) is 55.5 Å². The Labute approximate surface area is 200 Å². The molecule has 0 aliphatic rings. The summed E-state index contributed by atoms with van der Waals surface area (Å²) < 4.78 is 5.94. The molecule has 0 aliphatic carbocycles. The number of esters is 1. The number of aliphatic hydroxyl groups is 1. The second-order valence-electron chi connectivity index (χ2n) is 10.5. The van der Waals surface area contributed by atoms with Crippen LogP contribution in [0.1, 0.15) is 123 Å². The van der Waals surface area contributed by atoms with E-state index in [1.165, 1.54) is 103 Å². The van der Waals surface area contributed by atoms with Gasteiger partial charge in [-0.25, -0.2) is 4.79 Å². The smallest absolute Gasteiger partial charge is 0.333 e. The van der Waals surface area contributed by atoms with Crippen molar-refractivity contribution >= 4 is 5.97 Å². The van der Waals surface area contributed by atoms with E-state index in [0.717, 1.165) is 17.6 Å². The monoisotopic (exact) mass is 454 g/mol. The van der Waals surface area contributed by atoms with Crippen LogP contribution in [0.2, 0.25) is 0 Å². The van der Waals surface area contributed by atoms with Crippen molar-refractivity contribution in [2.45, 2.75) is 129 Å². The summed E-state index contributed by atoms with van der Waals surface area (Å²) in [6.45, 7) is 9.54. The van der Waals surface area contributed by atoms with E-state index in [1.807, 2.05) is 0 Å². The standard InChI is InChI=1S/C28H56NO3/c1-6-7-8-9-10-11-12-13-14-15-16-17-18-19-20-21-23-29(4,5)24-22-27(30)25-32-28(31)26(2)3/h27,30H,2,6-25H2,1,3-5H3/q+1. The Bertz CT molecular complexity index is 462. The summed E-state index contributed by atoms with van der Waals surface area (Å²) in [4.78, 5) is 11.4. The van der Waals surface area contributed by atoms with Crippen molar-refractivity contribution in [1.29, 1.82) is 0 Å². The van der Waals surface area contributed by atoms with E-state index in [2.05, 4.69) is 27.6 Å². The van der Waals surface area contributed by atoms with Crippen LogP contribution in [0.25, 0.3) is 0 Å². The van der Waals surface area contributed by atoms with E-state index in [-0.39, 0.29) is 6.61 Å². The Morgan fingerprint density at radius 2 is 1.19 bits per heavy atom. The maximum atomic E-state index is 11.4. The number of carbonyl (C=O) groups excluding carboxylic acids is 1. The van der Waals surface area contributed by atoms with Gasteiger partial charge in [-0.1, -0.05) is 103 Å². The second kappa shape index (κ2) is 20.7. The molecule has 1 N–H and O–H groups in total. The van der Waals surface area contributed by atoms with Crippen LogP contribution >= 0.6 is 0 Å². The molecular weight excluding hydrogens is 398 g/mol. The van der Waals surface area contributed by atoms with Gasteiger partial charge in [-0.15, -0.1) is 0 Å². The van der Waals surface area contributed by atoms with Crippen molar-refractivity contribution in [3.8, 4) is 0 Å². The van der Waals surface area contributed by atoms with Crippen LogP contribution in [0.5, 0.6) is 0 Å². The van der Waals surface area contributed by atoms with Gasteiger partial charge in [-0.3, -0.25) is 0 Å². The van der Waals surface area contributed by atoms with Crippen LogP contribution in [0.4, 0.5) is 0 Å². The highest BCUT2D eigenvalue weighted by molar-refractivity contribution is 5.86. The average molecular weight is 455 g/mol. The molecule has 4 heteroatoms. The first kappa shape index (κ1) is 31.1. The highest BCUT2D eigenvalue weighted by Crippen LogP contribution is 2.14. The van der Waals surface area contributed by atoms with Crippen LogP contribution in [0, 0.1) is 0 Å². The third-order valence-electron chi connectivity index (χ3n) is 6.44. The van der Waals surface area contributed by atoms with Gasteiger partial charge in [-0.2, -0.15) is 0 Å². The summed E-state index contributed by atoms with van der Waals surface area (Å²) in [5.41, 5.74) is 0.372. The fraction of sp³-hybridized carbons (Fsp3) is 0.893. The Morgan fingerprint density at radius 1 is 0.781 bits per heavy atom.